The Balaban J connectivity index is 1.74. The maximum absolute atomic E-state index is 13.0. The molecule has 3 aromatic rings. The second-order valence-electron chi connectivity index (χ2n) is 7.09. The highest BCUT2D eigenvalue weighted by atomic mass is 16.5. The molecule has 1 aromatic carbocycles. The normalized spacial score (nSPS) is 15.6. The summed E-state index contributed by atoms with van der Waals surface area (Å²) in [6.45, 7) is 4.55. The fraction of sp³-hybridized carbons (Fsp3) is 0.364. The lowest BCUT2D eigenvalue weighted by Crippen LogP contribution is -2.41. The summed E-state index contributed by atoms with van der Waals surface area (Å²) < 4.78 is 12.9. The zero-order chi connectivity index (χ0) is 19.5. The van der Waals surface area contributed by atoms with E-state index in [0.29, 0.717) is 32.7 Å². The van der Waals surface area contributed by atoms with E-state index in [1.165, 1.54) is 0 Å². The SMILES string of the molecule is COc1cccc(C(CC(=O)N2CCOCC2)c2cnc3c(C)cccn23)c1. The van der Waals surface area contributed by atoms with Gasteiger partial charge in [-0.1, -0.05) is 18.2 Å². The van der Waals surface area contributed by atoms with E-state index in [9.17, 15) is 4.79 Å². The minimum atomic E-state index is -0.109. The van der Waals surface area contributed by atoms with Crippen molar-refractivity contribution in [2.24, 2.45) is 0 Å². The summed E-state index contributed by atoms with van der Waals surface area (Å²) >= 11 is 0. The van der Waals surface area contributed by atoms with Crippen molar-refractivity contribution >= 4 is 11.6 Å². The molecule has 0 bridgehead atoms. The summed E-state index contributed by atoms with van der Waals surface area (Å²) in [7, 11) is 1.66. The molecule has 0 spiro atoms. The lowest BCUT2D eigenvalue weighted by atomic mass is 9.91. The molecule has 1 saturated heterocycles. The van der Waals surface area contributed by atoms with Crippen molar-refractivity contribution in [2.45, 2.75) is 19.3 Å². The standard InChI is InChI=1S/C22H25N3O3/c1-16-5-4-8-25-20(15-23-22(16)25)19(17-6-3-7-18(13-17)27-2)14-21(26)24-9-11-28-12-10-24/h3-8,13,15,19H,9-12,14H2,1-2H3. The van der Waals surface area contributed by atoms with Gasteiger partial charge in [-0.25, -0.2) is 4.98 Å². The van der Waals surface area contributed by atoms with Crippen molar-refractivity contribution < 1.29 is 14.3 Å². The summed E-state index contributed by atoms with van der Waals surface area (Å²) in [5.41, 5.74) is 4.08. The van der Waals surface area contributed by atoms with Gasteiger partial charge in [-0.15, -0.1) is 0 Å². The van der Waals surface area contributed by atoms with E-state index < -0.39 is 0 Å². The van der Waals surface area contributed by atoms with Crippen LogP contribution in [0, 0.1) is 6.92 Å². The molecule has 2 aromatic heterocycles. The molecular formula is C22H25N3O3. The summed E-state index contributed by atoms with van der Waals surface area (Å²) in [6, 6.07) is 12.0. The molecule has 1 fully saturated rings. The van der Waals surface area contributed by atoms with Gasteiger partial charge < -0.3 is 18.8 Å². The molecule has 3 heterocycles. The Kier molecular flexibility index (Phi) is 5.30. The highest BCUT2D eigenvalue weighted by Crippen LogP contribution is 2.32. The fourth-order valence-electron chi connectivity index (χ4n) is 3.80. The molecule has 1 amide bonds. The van der Waals surface area contributed by atoms with Gasteiger partial charge in [-0.2, -0.15) is 0 Å². The first-order valence-electron chi connectivity index (χ1n) is 9.59. The molecule has 146 valence electrons. The zero-order valence-electron chi connectivity index (χ0n) is 16.3. The van der Waals surface area contributed by atoms with Gasteiger partial charge in [-0.3, -0.25) is 4.79 Å². The number of hydrogen-bond acceptors (Lipinski definition) is 4. The van der Waals surface area contributed by atoms with Crippen LogP contribution in [-0.4, -0.2) is 53.6 Å². The van der Waals surface area contributed by atoms with Crippen molar-refractivity contribution in [3.05, 3.63) is 65.6 Å². The Morgan fingerprint density at radius 1 is 1.25 bits per heavy atom. The smallest absolute Gasteiger partial charge is 0.223 e. The highest BCUT2D eigenvalue weighted by Gasteiger charge is 2.26. The Morgan fingerprint density at radius 2 is 2.07 bits per heavy atom. The number of hydrogen-bond donors (Lipinski definition) is 0. The monoisotopic (exact) mass is 379 g/mol. The first-order valence-corrected chi connectivity index (χ1v) is 9.59. The quantitative estimate of drug-likeness (QED) is 0.684. The van der Waals surface area contributed by atoms with Gasteiger partial charge in [0.1, 0.15) is 11.4 Å². The van der Waals surface area contributed by atoms with Crippen LogP contribution in [-0.2, 0) is 9.53 Å². The second kappa shape index (κ2) is 8.02. The summed E-state index contributed by atoms with van der Waals surface area (Å²) in [5, 5.41) is 0. The van der Waals surface area contributed by atoms with Crippen molar-refractivity contribution in [3.63, 3.8) is 0 Å². The molecular weight excluding hydrogens is 354 g/mol. The lowest BCUT2D eigenvalue weighted by Gasteiger charge is -2.28. The van der Waals surface area contributed by atoms with Gasteiger partial charge in [0.2, 0.25) is 5.91 Å². The van der Waals surface area contributed by atoms with E-state index in [-0.39, 0.29) is 11.8 Å². The van der Waals surface area contributed by atoms with Crippen molar-refractivity contribution in [1.29, 1.82) is 0 Å². The first-order chi connectivity index (χ1) is 13.7. The fourth-order valence-corrected chi connectivity index (χ4v) is 3.80. The Labute approximate surface area is 164 Å². The number of pyridine rings is 1. The number of rotatable bonds is 5. The van der Waals surface area contributed by atoms with Crippen molar-refractivity contribution in [2.75, 3.05) is 33.4 Å². The average Bonchev–Trinajstić information content (AvgIpc) is 3.18. The van der Waals surface area contributed by atoms with Crippen LogP contribution in [0.1, 0.15) is 29.2 Å². The summed E-state index contributed by atoms with van der Waals surface area (Å²) in [5.74, 6) is 0.812. The van der Waals surface area contributed by atoms with E-state index in [2.05, 4.69) is 15.5 Å². The van der Waals surface area contributed by atoms with Gasteiger partial charge in [0, 0.05) is 37.8 Å². The molecule has 6 nitrogen and oxygen atoms in total. The van der Waals surface area contributed by atoms with E-state index in [0.717, 1.165) is 28.2 Å². The summed E-state index contributed by atoms with van der Waals surface area (Å²) in [6.07, 6.45) is 4.28. The van der Waals surface area contributed by atoms with Gasteiger partial charge in [0.15, 0.2) is 0 Å². The maximum Gasteiger partial charge on any atom is 0.223 e. The Morgan fingerprint density at radius 3 is 2.86 bits per heavy atom. The van der Waals surface area contributed by atoms with Gasteiger partial charge in [0.05, 0.1) is 26.0 Å². The summed E-state index contributed by atoms with van der Waals surface area (Å²) in [4.78, 5) is 19.6. The van der Waals surface area contributed by atoms with Crippen LogP contribution in [0.5, 0.6) is 5.75 Å². The van der Waals surface area contributed by atoms with Crippen LogP contribution in [0.4, 0.5) is 0 Å². The number of aromatic nitrogens is 2. The molecule has 1 atom stereocenters. The zero-order valence-corrected chi connectivity index (χ0v) is 16.3. The number of aryl methyl sites for hydroxylation is 1. The third kappa shape index (κ3) is 3.60. The molecule has 0 radical (unpaired) electrons. The first kappa shape index (κ1) is 18.5. The van der Waals surface area contributed by atoms with E-state index >= 15 is 0 Å². The van der Waals surface area contributed by atoms with Gasteiger partial charge in [-0.05, 0) is 36.2 Å². The third-order valence-corrected chi connectivity index (χ3v) is 5.36. The molecule has 0 aliphatic carbocycles. The molecule has 0 saturated carbocycles. The molecule has 6 heteroatoms. The van der Waals surface area contributed by atoms with Crippen LogP contribution in [0.15, 0.2) is 48.8 Å². The minimum absolute atomic E-state index is 0.109. The number of benzene rings is 1. The van der Waals surface area contributed by atoms with Crippen LogP contribution < -0.4 is 4.74 Å². The third-order valence-electron chi connectivity index (χ3n) is 5.36. The van der Waals surface area contributed by atoms with Crippen molar-refractivity contribution in [1.82, 2.24) is 14.3 Å². The number of methoxy groups -OCH3 is 1. The average molecular weight is 379 g/mol. The van der Waals surface area contributed by atoms with Crippen LogP contribution in [0.25, 0.3) is 5.65 Å². The predicted octanol–water partition coefficient (Wildman–Crippen LogP) is 3.03. The van der Waals surface area contributed by atoms with E-state index in [4.69, 9.17) is 9.47 Å². The topological polar surface area (TPSA) is 56.1 Å². The predicted molar refractivity (Wildman–Crippen MR) is 107 cm³/mol. The molecule has 28 heavy (non-hydrogen) atoms. The van der Waals surface area contributed by atoms with Crippen LogP contribution >= 0.6 is 0 Å². The number of nitrogens with zero attached hydrogens (tertiary/aromatic N) is 3. The Hall–Kier alpha value is -2.86. The van der Waals surface area contributed by atoms with E-state index in [1.54, 1.807) is 7.11 Å². The number of amides is 1. The highest BCUT2D eigenvalue weighted by molar-refractivity contribution is 5.78. The minimum Gasteiger partial charge on any atom is -0.497 e. The number of carbonyl (C=O) groups is 1. The van der Waals surface area contributed by atoms with E-state index in [1.807, 2.05) is 54.5 Å². The van der Waals surface area contributed by atoms with Crippen molar-refractivity contribution in [3.8, 4) is 5.75 Å². The van der Waals surface area contributed by atoms with Crippen LogP contribution in [0.2, 0.25) is 0 Å². The van der Waals surface area contributed by atoms with Crippen LogP contribution in [0.3, 0.4) is 0 Å². The molecule has 0 N–H and O–H groups in total. The number of fused-ring (bicyclic) bond motifs is 1. The lowest BCUT2D eigenvalue weighted by molar-refractivity contribution is -0.135. The van der Waals surface area contributed by atoms with Gasteiger partial charge in [0.25, 0.3) is 0 Å². The number of carbonyl (C=O) groups excluding carboxylic acids is 1. The molecule has 1 unspecified atom stereocenters. The maximum atomic E-state index is 13.0. The Bertz CT molecular complexity index is 976. The largest absolute Gasteiger partial charge is 0.497 e. The molecule has 4 rings (SSSR count). The number of imidazole rings is 1. The number of ether oxygens (including phenoxy) is 2. The van der Waals surface area contributed by atoms with Gasteiger partial charge >= 0.3 is 0 Å². The second-order valence-corrected chi connectivity index (χ2v) is 7.09. The number of morpholine rings is 1. The molecule has 1 aliphatic rings. The molecule has 1 aliphatic heterocycles.